The Balaban J connectivity index is 1.66. The Bertz CT molecular complexity index is 987. The van der Waals surface area contributed by atoms with Gasteiger partial charge in [-0.15, -0.1) is 10.2 Å². The summed E-state index contributed by atoms with van der Waals surface area (Å²) in [4.78, 5) is 12.8. The third kappa shape index (κ3) is 5.16. The molecule has 2 heterocycles. The lowest BCUT2D eigenvalue weighted by atomic mass is 10.1. The number of hydrogen-bond donors (Lipinski definition) is 0. The van der Waals surface area contributed by atoms with Gasteiger partial charge in [0.25, 0.3) is 5.22 Å². The zero-order valence-corrected chi connectivity index (χ0v) is 18.4. The summed E-state index contributed by atoms with van der Waals surface area (Å²) >= 11 is 1.27. The van der Waals surface area contributed by atoms with Crippen LogP contribution in [0.15, 0.2) is 33.9 Å². The third-order valence-electron chi connectivity index (χ3n) is 4.81. The number of benzene rings is 1. The van der Waals surface area contributed by atoms with E-state index in [1.54, 1.807) is 7.11 Å². The fraction of sp³-hybridized carbons (Fsp3) is 0.409. The third-order valence-corrected chi connectivity index (χ3v) is 5.62. The Morgan fingerprint density at radius 1 is 1.10 bits per heavy atom. The second-order valence-electron chi connectivity index (χ2n) is 7.24. The summed E-state index contributed by atoms with van der Waals surface area (Å²) in [6.45, 7) is 9.63. The van der Waals surface area contributed by atoms with E-state index in [1.165, 1.54) is 11.8 Å². The molecule has 154 valence electrons. The van der Waals surface area contributed by atoms with E-state index in [0.29, 0.717) is 17.7 Å². The summed E-state index contributed by atoms with van der Waals surface area (Å²) in [7, 11) is 1.70. The maximum atomic E-state index is 12.8. The first-order valence-electron chi connectivity index (χ1n) is 9.63. The summed E-state index contributed by atoms with van der Waals surface area (Å²) < 4.78 is 13.1. The molecule has 3 aromatic rings. The van der Waals surface area contributed by atoms with Crippen molar-refractivity contribution in [2.45, 2.75) is 45.9 Å². The van der Waals surface area contributed by atoms with Crippen LogP contribution < -0.4 is 0 Å². The largest absolute Gasteiger partial charge is 0.411 e. The molecule has 0 aliphatic carbocycles. The smallest absolute Gasteiger partial charge is 0.277 e. The quantitative estimate of drug-likeness (QED) is 0.286. The molecule has 0 saturated carbocycles. The van der Waals surface area contributed by atoms with Gasteiger partial charge in [-0.2, -0.15) is 0 Å². The zero-order chi connectivity index (χ0) is 21.0. The highest BCUT2D eigenvalue weighted by Gasteiger charge is 2.18. The highest BCUT2D eigenvalue weighted by atomic mass is 32.2. The van der Waals surface area contributed by atoms with E-state index in [2.05, 4.69) is 20.8 Å². The van der Waals surface area contributed by atoms with Gasteiger partial charge in [0, 0.05) is 42.8 Å². The molecule has 0 aliphatic rings. The number of nitrogens with zero attached hydrogens (tertiary/aromatic N) is 3. The van der Waals surface area contributed by atoms with Crippen molar-refractivity contribution >= 4 is 17.5 Å². The number of aryl methyl sites for hydroxylation is 3. The summed E-state index contributed by atoms with van der Waals surface area (Å²) in [6.07, 6.45) is 0.915. The number of Topliss-reactive ketones (excluding diaryl/α,β-unsaturated/α-hetero) is 1. The second-order valence-corrected chi connectivity index (χ2v) is 8.17. The van der Waals surface area contributed by atoms with Crippen LogP contribution in [0, 0.1) is 27.7 Å². The molecule has 0 aliphatic heterocycles. The first-order valence-corrected chi connectivity index (χ1v) is 10.6. The van der Waals surface area contributed by atoms with Gasteiger partial charge in [-0.1, -0.05) is 29.0 Å². The molecule has 29 heavy (non-hydrogen) atoms. The number of hydrogen-bond acceptors (Lipinski definition) is 6. The molecular weight excluding hydrogens is 386 g/mol. The highest BCUT2D eigenvalue weighted by molar-refractivity contribution is 7.99. The van der Waals surface area contributed by atoms with E-state index in [1.807, 2.05) is 45.9 Å². The van der Waals surface area contributed by atoms with E-state index in [9.17, 15) is 4.79 Å². The van der Waals surface area contributed by atoms with Crippen LogP contribution in [0.5, 0.6) is 0 Å². The number of aromatic nitrogens is 3. The lowest BCUT2D eigenvalue weighted by Gasteiger charge is -2.09. The van der Waals surface area contributed by atoms with Crippen molar-refractivity contribution in [1.29, 1.82) is 0 Å². The van der Waals surface area contributed by atoms with E-state index >= 15 is 0 Å². The molecule has 0 fully saturated rings. The van der Waals surface area contributed by atoms with Gasteiger partial charge in [-0.3, -0.25) is 4.79 Å². The molecular formula is C22H27N3O3S. The van der Waals surface area contributed by atoms with Gasteiger partial charge in [0.2, 0.25) is 5.89 Å². The van der Waals surface area contributed by atoms with Crippen molar-refractivity contribution in [2.75, 3.05) is 19.5 Å². The topological polar surface area (TPSA) is 70.2 Å². The highest BCUT2D eigenvalue weighted by Crippen LogP contribution is 2.26. The number of rotatable bonds is 9. The fourth-order valence-electron chi connectivity index (χ4n) is 3.48. The number of ether oxygens (including phenoxy) is 1. The van der Waals surface area contributed by atoms with Gasteiger partial charge in [-0.25, -0.2) is 0 Å². The van der Waals surface area contributed by atoms with Gasteiger partial charge < -0.3 is 13.7 Å². The number of thioether (sulfide) groups is 1. The molecule has 0 amide bonds. The number of methoxy groups -OCH3 is 1. The Morgan fingerprint density at radius 3 is 2.52 bits per heavy atom. The zero-order valence-electron chi connectivity index (χ0n) is 17.6. The predicted molar refractivity (Wildman–Crippen MR) is 115 cm³/mol. The Labute approximate surface area is 175 Å². The van der Waals surface area contributed by atoms with Crippen LogP contribution in [-0.2, 0) is 11.3 Å². The van der Waals surface area contributed by atoms with Crippen LogP contribution in [0.25, 0.3) is 11.5 Å². The van der Waals surface area contributed by atoms with Gasteiger partial charge in [0.15, 0.2) is 5.78 Å². The average molecular weight is 414 g/mol. The Hall–Kier alpha value is -2.38. The summed E-state index contributed by atoms with van der Waals surface area (Å²) in [5, 5.41) is 8.62. The van der Waals surface area contributed by atoms with Crippen molar-refractivity contribution in [2.24, 2.45) is 0 Å². The number of carbonyl (C=O) groups is 1. The first kappa shape index (κ1) is 21.3. The standard InChI is InChI=1S/C22H27N3O3S/c1-14-9-15(2)11-18(10-14)21-23-24-22(28-21)29-13-20(26)19-12-16(3)25(17(19)4)7-6-8-27-5/h9-12H,6-8,13H2,1-5H3. The normalized spacial score (nSPS) is 11.2. The first-order chi connectivity index (χ1) is 13.9. The number of carbonyl (C=O) groups excluding carboxylic acids is 1. The minimum atomic E-state index is 0.0623. The van der Waals surface area contributed by atoms with Crippen LogP contribution in [0.2, 0.25) is 0 Å². The summed E-state index contributed by atoms with van der Waals surface area (Å²) in [5.74, 6) is 0.798. The molecule has 3 rings (SSSR count). The molecule has 6 nitrogen and oxygen atoms in total. The molecule has 0 atom stereocenters. The molecule has 0 spiro atoms. The predicted octanol–water partition coefficient (Wildman–Crippen LogP) is 4.78. The Kier molecular flexibility index (Phi) is 6.92. The molecule has 0 bridgehead atoms. The van der Waals surface area contributed by atoms with Gasteiger partial charge in [0.1, 0.15) is 0 Å². The molecule has 7 heteroatoms. The molecule has 0 unspecified atom stereocenters. The van der Waals surface area contributed by atoms with Crippen LogP contribution in [-0.4, -0.2) is 40.0 Å². The van der Waals surface area contributed by atoms with Crippen molar-refractivity contribution in [3.8, 4) is 11.5 Å². The van der Waals surface area contributed by atoms with Crippen molar-refractivity contribution < 1.29 is 13.9 Å². The number of ketones is 1. The average Bonchev–Trinajstić information content (AvgIpc) is 3.25. The molecule has 0 radical (unpaired) electrons. The van der Waals surface area contributed by atoms with Crippen molar-refractivity contribution in [3.63, 3.8) is 0 Å². The second kappa shape index (κ2) is 9.41. The Morgan fingerprint density at radius 2 is 1.83 bits per heavy atom. The van der Waals surface area contributed by atoms with Gasteiger partial charge >= 0.3 is 0 Å². The van der Waals surface area contributed by atoms with E-state index in [0.717, 1.165) is 46.6 Å². The van der Waals surface area contributed by atoms with Crippen LogP contribution in [0.3, 0.4) is 0 Å². The summed E-state index contributed by atoms with van der Waals surface area (Å²) in [6, 6.07) is 8.08. The molecule has 0 N–H and O–H groups in total. The lowest BCUT2D eigenvalue weighted by molar-refractivity contribution is 0.102. The lowest BCUT2D eigenvalue weighted by Crippen LogP contribution is -2.08. The monoisotopic (exact) mass is 413 g/mol. The van der Waals surface area contributed by atoms with Crippen molar-refractivity contribution in [1.82, 2.24) is 14.8 Å². The van der Waals surface area contributed by atoms with Gasteiger partial charge in [0.05, 0.1) is 5.75 Å². The van der Waals surface area contributed by atoms with Crippen LogP contribution in [0.4, 0.5) is 0 Å². The summed E-state index contributed by atoms with van der Waals surface area (Å²) in [5.41, 5.74) is 6.01. The van der Waals surface area contributed by atoms with Crippen LogP contribution >= 0.6 is 11.8 Å². The maximum Gasteiger partial charge on any atom is 0.277 e. The van der Waals surface area contributed by atoms with E-state index in [4.69, 9.17) is 9.15 Å². The molecule has 0 saturated heterocycles. The minimum absolute atomic E-state index is 0.0623. The molecule has 2 aromatic heterocycles. The molecule has 1 aromatic carbocycles. The maximum absolute atomic E-state index is 12.8. The van der Waals surface area contributed by atoms with Gasteiger partial charge in [-0.05, 0) is 52.3 Å². The van der Waals surface area contributed by atoms with E-state index in [-0.39, 0.29) is 11.5 Å². The van der Waals surface area contributed by atoms with Crippen LogP contribution in [0.1, 0.15) is 39.3 Å². The van der Waals surface area contributed by atoms with Crippen molar-refractivity contribution in [3.05, 3.63) is 52.3 Å². The minimum Gasteiger partial charge on any atom is -0.411 e. The van der Waals surface area contributed by atoms with E-state index < -0.39 is 0 Å². The fourth-order valence-corrected chi connectivity index (χ4v) is 4.13. The SMILES string of the molecule is COCCCn1c(C)cc(C(=O)CSc2nnc(-c3cc(C)cc(C)c3)o2)c1C.